The molecule has 1 atom stereocenters. The van der Waals surface area contributed by atoms with E-state index in [1.807, 2.05) is 12.4 Å². The Bertz CT molecular complexity index is 813. The molecule has 25 heavy (non-hydrogen) atoms. The minimum atomic E-state index is -0.931. The second-order valence-corrected chi connectivity index (χ2v) is 6.36. The number of fused-ring (bicyclic) bond motifs is 1. The standard InChI is InChI=1S/C20H24FN3O/c1-14-11-23-20-19(14)10-17(13-24-20)16-4-2-15(3-5-16)12-22-8-6-18(21)7-9-25/h2-5,10-11,13,18,22,25H,6-9,12H2,1H3,(H,23,24). The van der Waals surface area contributed by atoms with Gasteiger partial charge in [-0.05, 0) is 42.6 Å². The molecule has 0 aliphatic heterocycles. The minimum absolute atomic E-state index is 0.0917. The van der Waals surface area contributed by atoms with Gasteiger partial charge in [0.05, 0.1) is 0 Å². The highest BCUT2D eigenvalue weighted by molar-refractivity contribution is 5.84. The lowest BCUT2D eigenvalue weighted by Gasteiger charge is -2.09. The van der Waals surface area contributed by atoms with Crippen LogP contribution in [0.5, 0.6) is 0 Å². The van der Waals surface area contributed by atoms with Crippen LogP contribution >= 0.6 is 0 Å². The van der Waals surface area contributed by atoms with Gasteiger partial charge in [-0.25, -0.2) is 9.37 Å². The van der Waals surface area contributed by atoms with E-state index in [0.29, 0.717) is 19.5 Å². The third-order valence-corrected chi connectivity index (χ3v) is 4.43. The summed E-state index contributed by atoms with van der Waals surface area (Å²) in [5.74, 6) is 0. The van der Waals surface area contributed by atoms with Crippen LogP contribution in [0.3, 0.4) is 0 Å². The maximum absolute atomic E-state index is 13.3. The predicted molar refractivity (Wildman–Crippen MR) is 99.2 cm³/mol. The third-order valence-electron chi connectivity index (χ3n) is 4.43. The molecule has 0 bridgehead atoms. The highest BCUT2D eigenvalue weighted by Crippen LogP contribution is 2.24. The number of hydrogen-bond donors (Lipinski definition) is 3. The summed E-state index contributed by atoms with van der Waals surface area (Å²) in [6.07, 6.45) is 3.57. The maximum atomic E-state index is 13.3. The molecule has 0 radical (unpaired) electrons. The number of pyridine rings is 1. The second kappa shape index (κ2) is 8.23. The van der Waals surface area contributed by atoms with Crippen molar-refractivity contribution >= 4 is 11.0 Å². The van der Waals surface area contributed by atoms with Gasteiger partial charge in [-0.3, -0.25) is 0 Å². The summed E-state index contributed by atoms with van der Waals surface area (Å²) in [6.45, 7) is 3.30. The highest BCUT2D eigenvalue weighted by Gasteiger charge is 2.06. The topological polar surface area (TPSA) is 60.9 Å². The van der Waals surface area contributed by atoms with Gasteiger partial charge in [0.25, 0.3) is 0 Å². The molecular weight excluding hydrogens is 317 g/mol. The van der Waals surface area contributed by atoms with E-state index in [4.69, 9.17) is 5.11 Å². The van der Waals surface area contributed by atoms with E-state index in [-0.39, 0.29) is 13.0 Å². The van der Waals surface area contributed by atoms with Crippen molar-refractivity contribution in [1.82, 2.24) is 15.3 Å². The fourth-order valence-corrected chi connectivity index (χ4v) is 2.88. The fraction of sp³-hybridized carbons (Fsp3) is 0.350. The molecule has 5 heteroatoms. The Labute approximate surface area is 147 Å². The van der Waals surface area contributed by atoms with Gasteiger partial charge < -0.3 is 15.4 Å². The summed E-state index contributed by atoms with van der Waals surface area (Å²) < 4.78 is 13.3. The predicted octanol–water partition coefficient (Wildman–Crippen LogP) is 3.74. The number of hydrogen-bond acceptors (Lipinski definition) is 3. The molecule has 0 aliphatic rings. The van der Waals surface area contributed by atoms with Crippen LogP contribution in [-0.4, -0.2) is 34.4 Å². The monoisotopic (exact) mass is 341 g/mol. The molecule has 0 aliphatic carbocycles. The first-order valence-corrected chi connectivity index (χ1v) is 8.66. The summed E-state index contributed by atoms with van der Waals surface area (Å²) in [4.78, 5) is 7.63. The van der Waals surface area contributed by atoms with Gasteiger partial charge in [0.15, 0.2) is 0 Å². The molecule has 3 rings (SSSR count). The summed E-state index contributed by atoms with van der Waals surface area (Å²) in [5, 5.41) is 13.1. The first kappa shape index (κ1) is 17.6. The van der Waals surface area contributed by atoms with E-state index < -0.39 is 6.17 Å². The molecule has 0 amide bonds. The Morgan fingerprint density at radius 1 is 1.20 bits per heavy atom. The second-order valence-electron chi connectivity index (χ2n) is 6.36. The van der Waals surface area contributed by atoms with E-state index in [1.54, 1.807) is 0 Å². The van der Waals surface area contributed by atoms with Crippen molar-refractivity contribution in [1.29, 1.82) is 0 Å². The largest absolute Gasteiger partial charge is 0.396 e. The van der Waals surface area contributed by atoms with Gasteiger partial charge in [-0.15, -0.1) is 0 Å². The average molecular weight is 341 g/mol. The Balaban J connectivity index is 1.58. The number of aryl methyl sites for hydroxylation is 1. The Morgan fingerprint density at radius 2 is 2.00 bits per heavy atom. The lowest BCUT2D eigenvalue weighted by molar-refractivity contribution is 0.211. The highest BCUT2D eigenvalue weighted by atomic mass is 19.1. The third kappa shape index (κ3) is 4.44. The molecule has 4 nitrogen and oxygen atoms in total. The first-order chi connectivity index (χ1) is 12.2. The number of aliphatic hydroxyl groups is 1. The molecule has 2 aromatic heterocycles. The quantitative estimate of drug-likeness (QED) is 0.547. The normalized spacial score (nSPS) is 12.6. The Kier molecular flexibility index (Phi) is 5.79. The van der Waals surface area contributed by atoms with Crippen LogP contribution in [0.2, 0.25) is 0 Å². The summed E-state index contributed by atoms with van der Waals surface area (Å²) >= 11 is 0. The number of halogens is 1. The van der Waals surface area contributed by atoms with Crippen molar-refractivity contribution in [3.63, 3.8) is 0 Å². The molecule has 2 heterocycles. The van der Waals surface area contributed by atoms with E-state index in [2.05, 4.69) is 52.5 Å². The van der Waals surface area contributed by atoms with Gasteiger partial charge in [0, 0.05) is 42.9 Å². The van der Waals surface area contributed by atoms with Gasteiger partial charge in [-0.1, -0.05) is 24.3 Å². The number of nitrogens with one attached hydrogen (secondary N) is 2. The fourth-order valence-electron chi connectivity index (χ4n) is 2.88. The van der Waals surface area contributed by atoms with Crippen LogP contribution in [0.1, 0.15) is 24.0 Å². The van der Waals surface area contributed by atoms with Crippen LogP contribution in [0.15, 0.2) is 42.7 Å². The van der Waals surface area contributed by atoms with Crippen LogP contribution in [-0.2, 0) is 6.54 Å². The molecule has 0 spiro atoms. The van der Waals surface area contributed by atoms with Crippen molar-refractivity contribution in [2.24, 2.45) is 0 Å². The number of aromatic amines is 1. The van der Waals surface area contributed by atoms with Crippen molar-refractivity contribution in [3.8, 4) is 11.1 Å². The molecular formula is C20H24FN3O. The number of benzene rings is 1. The Hall–Kier alpha value is -2.24. The van der Waals surface area contributed by atoms with E-state index >= 15 is 0 Å². The van der Waals surface area contributed by atoms with Crippen molar-refractivity contribution < 1.29 is 9.50 Å². The van der Waals surface area contributed by atoms with E-state index in [0.717, 1.165) is 27.7 Å². The number of H-pyrrole nitrogens is 1. The van der Waals surface area contributed by atoms with E-state index in [9.17, 15) is 4.39 Å². The molecule has 132 valence electrons. The lowest BCUT2D eigenvalue weighted by atomic mass is 10.0. The number of aromatic nitrogens is 2. The number of aliphatic hydroxyl groups excluding tert-OH is 1. The molecule has 0 saturated heterocycles. The van der Waals surface area contributed by atoms with E-state index in [1.165, 1.54) is 5.56 Å². The molecule has 1 unspecified atom stereocenters. The zero-order valence-electron chi connectivity index (χ0n) is 14.4. The molecule has 3 aromatic rings. The minimum Gasteiger partial charge on any atom is -0.396 e. The van der Waals surface area contributed by atoms with Crippen molar-refractivity contribution in [2.45, 2.75) is 32.5 Å². The maximum Gasteiger partial charge on any atom is 0.137 e. The number of alkyl halides is 1. The van der Waals surface area contributed by atoms with Gasteiger partial charge in [0.1, 0.15) is 11.8 Å². The zero-order chi connectivity index (χ0) is 17.6. The van der Waals surface area contributed by atoms with Crippen LogP contribution in [0.25, 0.3) is 22.2 Å². The van der Waals surface area contributed by atoms with Crippen LogP contribution < -0.4 is 5.32 Å². The van der Waals surface area contributed by atoms with Crippen molar-refractivity contribution in [2.75, 3.05) is 13.2 Å². The molecule has 1 aromatic carbocycles. The lowest BCUT2D eigenvalue weighted by Crippen LogP contribution is -2.18. The van der Waals surface area contributed by atoms with Crippen LogP contribution in [0, 0.1) is 6.92 Å². The Morgan fingerprint density at radius 3 is 2.76 bits per heavy atom. The first-order valence-electron chi connectivity index (χ1n) is 8.66. The number of nitrogens with zero attached hydrogens (tertiary/aromatic N) is 1. The van der Waals surface area contributed by atoms with Gasteiger partial charge in [-0.2, -0.15) is 0 Å². The number of rotatable bonds is 8. The molecule has 0 saturated carbocycles. The van der Waals surface area contributed by atoms with Gasteiger partial charge in [0.2, 0.25) is 0 Å². The molecule has 3 N–H and O–H groups in total. The average Bonchev–Trinajstić information content (AvgIpc) is 3.00. The smallest absolute Gasteiger partial charge is 0.137 e. The summed E-state index contributed by atoms with van der Waals surface area (Å²) in [7, 11) is 0. The zero-order valence-corrected chi connectivity index (χ0v) is 14.4. The van der Waals surface area contributed by atoms with Crippen molar-refractivity contribution in [3.05, 3.63) is 53.9 Å². The SMILES string of the molecule is Cc1c[nH]c2ncc(-c3ccc(CNCCC(F)CCO)cc3)cc12. The molecule has 0 fully saturated rings. The van der Waals surface area contributed by atoms with Gasteiger partial charge >= 0.3 is 0 Å². The summed E-state index contributed by atoms with van der Waals surface area (Å²) in [5.41, 5.74) is 5.49. The van der Waals surface area contributed by atoms with Crippen LogP contribution in [0.4, 0.5) is 4.39 Å². The summed E-state index contributed by atoms with van der Waals surface area (Å²) in [6, 6.07) is 10.5.